The normalized spacial score (nSPS) is 20.2. The molecule has 0 bridgehead atoms. The Labute approximate surface area is 325 Å². The van der Waals surface area contributed by atoms with Crippen LogP contribution < -0.4 is 21.3 Å². The molecule has 2 fully saturated rings. The average molecular weight is 768 g/mol. The zero-order chi connectivity index (χ0) is 39.8. The Morgan fingerprint density at radius 1 is 0.929 bits per heavy atom. The molecule has 4 aromatic rings. The highest BCUT2D eigenvalue weighted by Crippen LogP contribution is 2.30. The van der Waals surface area contributed by atoms with Crippen molar-refractivity contribution in [2.24, 2.45) is 11.8 Å². The number of hydrogen-bond donors (Lipinski definition) is 6. The number of rotatable bonds is 13. The summed E-state index contributed by atoms with van der Waals surface area (Å²) in [7, 11) is 4.20. The summed E-state index contributed by atoms with van der Waals surface area (Å²) in [6.07, 6.45) is 5.60. The third-order valence-electron chi connectivity index (χ3n) is 11.2. The van der Waals surface area contributed by atoms with Gasteiger partial charge in [-0.05, 0) is 141 Å². The number of carbonyl (C=O) groups is 4. The quantitative estimate of drug-likeness (QED) is 0.104. The molecule has 14 nitrogen and oxygen atoms in total. The minimum atomic E-state index is -1.07. The van der Waals surface area contributed by atoms with Crippen LogP contribution in [0.15, 0.2) is 60.7 Å². The second-order valence-corrected chi connectivity index (χ2v) is 15.3. The SMILES string of the molecule is Cc1cc(C(=O)NC2CCC(N(C)C)CC2)ccc1-c1cccc(C[C@H](NC(=O)[C@H]2CC[C@H](CNC(=O)O)CC2)C(=O)Nc2ccc(-c3nnn[nH]3)c(F)c2)c1. The average Bonchev–Trinajstić information content (AvgIpc) is 3.72. The molecule has 296 valence electrons. The Balaban J connectivity index is 1.15. The molecule has 1 atom stereocenters. The number of hydrogen-bond acceptors (Lipinski definition) is 8. The van der Waals surface area contributed by atoms with Gasteiger partial charge < -0.3 is 31.3 Å². The number of tetrazole rings is 1. The van der Waals surface area contributed by atoms with Crippen LogP contribution in [0.1, 0.15) is 72.9 Å². The molecule has 6 rings (SSSR count). The number of H-pyrrole nitrogens is 1. The van der Waals surface area contributed by atoms with Crippen LogP contribution >= 0.6 is 0 Å². The van der Waals surface area contributed by atoms with Crippen molar-refractivity contribution in [2.75, 3.05) is 26.0 Å². The number of nitrogens with zero attached hydrogens (tertiary/aromatic N) is 4. The Kier molecular flexibility index (Phi) is 13.1. The molecule has 1 heterocycles. The maximum atomic E-state index is 15.0. The van der Waals surface area contributed by atoms with Crippen molar-refractivity contribution in [3.05, 3.63) is 83.2 Å². The number of aromatic amines is 1. The van der Waals surface area contributed by atoms with Gasteiger partial charge in [0.15, 0.2) is 5.82 Å². The second kappa shape index (κ2) is 18.3. The highest BCUT2D eigenvalue weighted by atomic mass is 19.1. The van der Waals surface area contributed by atoms with E-state index in [0.29, 0.717) is 43.8 Å². The van der Waals surface area contributed by atoms with E-state index in [1.54, 1.807) is 0 Å². The molecule has 0 radical (unpaired) electrons. The maximum absolute atomic E-state index is 15.0. The number of amides is 4. The predicted molar refractivity (Wildman–Crippen MR) is 209 cm³/mol. The number of benzene rings is 3. The van der Waals surface area contributed by atoms with Gasteiger partial charge in [-0.2, -0.15) is 0 Å². The summed E-state index contributed by atoms with van der Waals surface area (Å²) < 4.78 is 15.0. The Hall–Kier alpha value is -5.70. The minimum Gasteiger partial charge on any atom is -0.465 e. The van der Waals surface area contributed by atoms with Crippen LogP contribution in [-0.2, 0) is 16.0 Å². The largest absolute Gasteiger partial charge is 0.465 e. The standard InChI is InChI=1S/C41H50FN9O5/c1-24-19-29(39(53)44-30-12-15-32(16-13-30)51(2)3)11-17-33(24)28-6-4-5-26(20-28)21-36(46-38(52)27-9-7-25(8-10-27)23-43-41(55)56)40(54)45-31-14-18-34(35(42)22-31)37-47-49-50-48-37/h4-6,11,14,17-20,22,25,27,30,32,36,43H,7-10,12-13,15-16,21,23H2,1-3H3,(H,44,53)(H,45,54)(H,46,52)(H,55,56)(H,47,48,49,50)/t25-,27-,30?,32?,36-/m0/s1. The van der Waals surface area contributed by atoms with E-state index in [2.05, 4.69) is 60.9 Å². The van der Waals surface area contributed by atoms with E-state index in [0.717, 1.165) is 47.9 Å². The van der Waals surface area contributed by atoms with Crippen molar-refractivity contribution in [3.8, 4) is 22.5 Å². The fraction of sp³-hybridized carbons (Fsp3) is 0.439. The molecule has 2 aliphatic rings. The summed E-state index contributed by atoms with van der Waals surface area (Å²) in [6.45, 7) is 2.30. The van der Waals surface area contributed by atoms with Gasteiger partial charge in [-0.25, -0.2) is 14.3 Å². The Morgan fingerprint density at radius 3 is 2.34 bits per heavy atom. The molecule has 4 amide bonds. The molecule has 2 saturated carbocycles. The van der Waals surface area contributed by atoms with Crippen molar-refractivity contribution in [2.45, 2.75) is 82.8 Å². The third kappa shape index (κ3) is 10.3. The van der Waals surface area contributed by atoms with Gasteiger partial charge in [0.2, 0.25) is 11.8 Å². The third-order valence-corrected chi connectivity index (χ3v) is 11.2. The van der Waals surface area contributed by atoms with Crippen LogP contribution in [0.5, 0.6) is 0 Å². The lowest BCUT2D eigenvalue weighted by Gasteiger charge is -2.33. The molecular weight excluding hydrogens is 718 g/mol. The molecule has 3 aromatic carbocycles. The van der Waals surface area contributed by atoms with Crippen molar-refractivity contribution in [3.63, 3.8) is 0 Å². The van der Waals surface area contributed by atoms with Crippen LogP contribution in [0.3, 0.4) is 0 Å². The number of carboxylic acid groups (broad SMARTS) is 1. The van der Waals surface area contributed by atoms with Crippen molar-refractivity contribution >= 4 is 29.5 Å². The van der Waals surface area contributed by atoms with Gasteiger partial charge in [-0.3, -0.25) is 14.4 Å². The number of carbonyl (C=O) groups excluding carboxylic acids is 3. The molecular formula is C41H50FN9O5. The van der Waals surface area contributed by atoms with E-state index in [9.17, 15) is 19.2 Å². The highest BCUT2D eigenvalue weighted by molar-refractivity contribution is 5.98. The monoisotopic (exact) mass is 767 g/mol. The molecule has 0 spiro atoms. The topological polar surface area (TPSA) is 194 Å². The van der Waals surface area contributed by atoms with E-state index in [1.165, 1.54) is 18.2 Å². The molecule has 56 heavy (non-hydrogen) atoms. The first-order chi connectivity index (χ1) is 26.9. The van der Waals surface area contributed by atoms with Gasteiger partial charge in [-0.1, -0.05) is 30.3 Å². The fourth-order valence-corrected chi connectivity index (χ4v) is 7.88. The van der Waals surface area contributed by atoms with Crippen LogP contribution in [0.25, 0.3) is 22.5 Å². The number of anilines is 1. The summed E-state index contributed by atoms with van der Waals surface area (Å²) in [4.78, 5) is 53.9. The van der Waals surface area contributed by atoms with Gasteiger partial charge >= 0.3 is 6.09 Å². The van der Waals surface area contributed by atoms with Crippen molar-refractivity contribution in [1.82, 2.24) is 41.5 Å². The first-order valence-electron chi connectivity index (χ1n) is 19.2. The lowest BCUT2D eigenvalue weighted by atomic mass is 9.81. The lowest BCUT2D eigenvalue weighted by molar-refractivity contribution is -0.130. The molecule has 1 aromatic heterocycles. The summed E-state index contributed by atoms with van der Waals surface area (Å²) >= 11 is 0. The maximum Gasteiger partial charge on any atom is 0.404 e. The second-order valence-electron chi connectivity index (χ2n) is 15.3. The molecule has 2 aliphatic carbocycles. The molecule has 0 unspecified atom stereocenters. The van der Waals surface area contributed by atoms with Gasteiger partial charge in [0.05, 0.1) is 5.56 Å². The van der Waals surface area contributed by atoms with E-state index < -0.39 is 23.9 Å². The fourth-order valence-electron chi connectivity index (χ4n) is 7.88. The summed E-state index contributed by atoms with van der Waals surface area (Å²) in [6, 6.07) is 17.3. The van der Waals surface area contributed by atoms with E-state index in [4.69, 9.17) is 5.11 Å². The smallest absolute Gasteiger partial charge is 0.404 e. The van der Waals surface area contributed by atoms with Gasteiger partial charge in [0, 0.05) is 42.2 Å². The van der Waals surface area contributed by atoms with Crippen molar-refractivity contribution < 1.29 is 28.7 Å². The summed E-state index contributed by atoms with van der Waals surface area (Å²) in [5, 5.41) is 33.6. The zero-order valence-corrected chi connectivity index (χ0v) is 32.0. The molecule has 15 heteroatoms. The zero-order valence-electron chi connectivity index (χ0n) is 32.0. The first-order valence-corrected chi connectivity index (χ1v) is 19.2. The first kappa shape index (κ1) is 40.0. The van der Waals surface area contributed by atoms with Gasteiger partial charge in [0.25, 0.3) is 5.91 Å². The number of halogens is 1. The summed E-state index contributed by atoms with van der Waals surface area (Å²) in [5.74, 6) is -1.56. The van der Waals surface area contributed by atoms with Crippen LogP contribution in [0, 0.1) is 24.6 Å². The molecule has 0 saturated heterocycles. The molecule has 6 N–H and O–H groups in total. The van der Waals surface area contributed by atoms with Crippen molar-refractivity contribution in [1.29, 1.82) is 0 Å². The Bertz CT molecular complexity index is 2010. The lowest BCUT2D eigenvalue weighted by Crippen LogP contribution is -2.48. The number of aromatic nitrogens is 4. The summed E-state index contributed by atoms with van der Waals surface area (Å²) in [5.41, 5.74) is 4.49. The van der Waals surface area contributed by atoms with Crippen LogP contribution in [-0.4, -0.2) is 93.2 Å². The predicted octanol–water partition coefficient (Wildman–Crippen LogP) is 5.32. The van der Waals surface area contributed by atoms with Crippen LogP contribution in [0.4, 0.5) is 14.9 Å². The highest BCUT2D eigenvalue weighted by Gasteiger charge is 2.30. The number of aryl methyl sites for hydroxylation is 1. The number of nitrogens with one attached hydrogen (secondary N) is 5. The van der Waals surface area contributed by atoms with Gasteiger partial charge in [0.1, 0.15) is 11.9 Å². The molecule has 0 aliphatic heterocycles. The van der Waals surface area contributed by atoms with E-state index in [1.807, 2.05) is 49.4 Å². The van der Waals surface area contributed by atoms with Crippen LogP contribution in [0.2, 0.25) is 0 Å². The van der Waals surface area contributed by atoms with Gasteiger partial charge in [-0.15, -0.1) is 5.10 Å². The Morgan fingerprint density at radius 2 is 1.68 bits per heavy atom. The van der Waals surface area contributed by atoms with E-state index >= 15 is 4.39 Å². The minimum absolute atomic E-state index is 0.0822. The van der Waals surface area contributed by atoms with E-state index in [-0.39, 0.29) is 53.2 Å².